The summed E-state index contributed by atoms with van der Waals surface area (Å²) in [4.78, 5) is 52.7. The Morgan fingerprint density at radius 3 is 1.40 bits per heavy atom. The molecule has 3 atom stereocenters. The van der Waals surface area contributed by atoms with Crippen LogP contribution < -0.4 is 0 Å². The van der Waals surface area contributed by atoms with Crippen molar-refractivity contribution in [2.75, 3.05) is 12.9 Å². The summed E-state index contributed by atoms with van der Waals surface area (Å²) in [5.41, 5.74) is 0.296. The van der Waals surface area contributed by atoms with Crippen LogP contribution in [0.25, 0.3) is 32.3 Å². The molecule has 0 N–H and O–H groups in total. The van der Waals surface area contributed by atoms with E-state index < -0.39 is 52.9 Å². The molecule has 6 aromatic carbocycles. The fourth-order valence-corrected chi connectivity index (χ4v) is 6.12. The maximum absolute atomic E-state index is 13.6. The van der Waals surface area contributed by atoms with Gasteiger partial charge < -0.3 is 14.2 Å². The quantitative estimate of drug-likeness (QED) is 0.0622. The van der Waals surface area contributed by atoms with E-state index in [1.807, 2.05) is 42.5 Å². The first-order chi connectivity index (χ1) is 24.1. The Kier molecular flexibility index (Phi) is 9.98. The lowest BCUT2D eigenvalue weighted by molar-refractivity contribution is -0.128. The second-order valence-electron chi connectivity index (χ2n) is 11.5. The van der Waals surface area contributed by atoms with Gasteiger partial charge in [-0.3, -0.25) is 8.98 Å². The molecule has 3 unspecified atom stereocenters. The summed E-state index contributed by atoms with van der Waals surface area (Å²) in [5.74, 6) is -2.77. The van der Waals surface area contributed by atoms with Gasteiger partial charge in [0.2, 0.25) is 0 Å². The molecule has 252 valence electrons. The second-order valence-corrected chi connectivity index (χ2v) is 13.1. The fraction of sp³-hybridized carbons (Fsp3) is 0.128. The van der Waals surface area contributed by atoms with Crippen LogP contribution in [0.5, 0.6) is 0 Å². The maximum atomic E-state index is 13.6. The van der Waals surface area contributed by atoms with Gasteiger partial charge in [-0.25, -0.2) is 14.4 Å². The smallest absolute Gasteiger partial charge is 0.338 e. The average molecular weight is 691 g/mol. The first kappa shape index (κ1) is 34.0. The number of carbonyl (C=O) groups is 4. The molecule has 0 fully saturated rings. The molecule has 0 radical (unpaired) electrons. The number of carbonyl (C=O) groups excluding carboxylic acids is 4. The zero-order valence-corrected chi connectivity index (χ0v) is 27.4. The van der Waals surface area contributed by atoms with Gasteiger partial charge in [-0.15, -0.1) is 0 Å². The van der Waals surface area contributed by atoms with E-state index in [9.17, 15) is 27.6 Å². The van der Waals surface area contributed by atoms with Crippen LogP contribution in [0.15, 0.2) is 127 Å². The van der Waals surface area contributed by atoms with Crippen LogP contribution in [0.4, 0.5) is 0 Å². The van der Waals surface area contributed by atoms with Crippen molar-refractivity contribution in [2.45, 2.75) is 18.3 Å². The van der Waals surface area contributed by atoms with E-state index in [1.165, 1.54) is 18.2 Å². The molecule has 0 heterocycles. The Balaban J connectivity index is 1.32. The van der Waals surface area contributed by atoms with Crippen molar-refractivity contribution < 1.29 is 46.0 Å². The Morgan fingerprint density at radius 1 is 0.580 bits per heavy atom. The molecular weight excluding hydrogens is 660 g/mol. The highest BCUT2D eigenvalue weighted by molar-refractivity contribution is 7.86. The summed E-state index contributed by atoms with van der Waals surface area (Å²) >= 11 is 0. The van der Waals surface area contributed by atoms with Gasteiger partial charge in [0.15, 0.2) is 24.6 Å². The molecule has 0 amide bonds. The van der Waals surface area contributed by atoms with Crippen molar-refractivity contribution in [3.63, 3.8) is 0 Å². The molecular formula is C39H30O10S. The summed E-state index contributed by atoms with van der Waals surface area (Å²) < 4.78 is 47.0. The molecule has 0 aliphatic carbocycles. The monoisotopic (exact) mass is 690 g/mol. The van der Waals surface area contributed by atoms with Crippen LogP contribution in [0.1, 0.15) is 31.1 Å². The number of fused-ring (bicyclic) bond motifs is 3. The van der Waals surface area contributed by atoms with Crippen LogP contribution in [0.2, 0.25) is 0 Å². The number of esters is 3. The van der Waals surface area contributed by atoms with E-state index >= 15 is 0 Å². The fourth-order valence-electron chi connectivity index (χ4n) is 5.50. The van der Waals surface area contributed by atoms with Crippen LogP contribution in [-0.4, -0.2) is 63.8 Å². The van der Waals surface area contributed by atoms with Crippen molar-refractivity contribution in [3.05, 3.63) is 144 Å². The third-order valence-corrected chi connectivity index (χ3v) is 8.54. The second kappa shape index (κ2) is 14.7. The molecule has 0 saturated carbocycles. The first-order valence-electron chi connectivity index (χ1n) is 15.5. The molecule has 0 aliphatic heterocycles. The van der Waals surface area contributed by atoms with E-state index in [1.54, 1.807) is 66.7 Å². The zero-order chi connectivity index (χ0) is 35.3. The number of rotatable bonds is 12. The van der Waals surface area contributed by atoms with Crippen LogP contribution in [0, 0.1) is 0 Å². The van der Waals surface area contributed by atoms with Gasteiger partial charge in [0.05, 0.1) is 22.9 Å². The lowest BCUT2D eigenvalue weighted by atomic mass is 10.1. The van der Waals surface area contributed by atoms with Gasteiger partial charge >= 0.3 is 17.9 Å². The minimum atomic E-state index is -4.32. The highest BCUT2D eigenvalue weighted by Gasteiger charge is 2.40. The van der Waals surface area contributed by atoms with Crippen molar-refractivity contribution >= 4 is 66.6 Å². The predicted molar refractivity (Wildman–Crippen MR) is 186 cm³/mol. The first-order valence-corrected chi connectivity index (χ1v) is 17.3. The predicted octanol–water partition coefficient (Wildman–Crippen LogP) is 6.30. The van der Waals surface area contributed by atoms with Crippen molar-refractivity contribution in [2.24, 2.45) is 0 Å². The van der Waals surface area contributed by atoms with Gasteiger partial charge in [0.1, 0.15) is 6.61 Å². The van der Waals surface area contributed by atoms with Crippen LogP contribution >= 0.6 is 0 Å². The molecule has 0 saturated heterocycles. The van der Waals surface area contributed by atoms with E-state index in [-0.39, 0.29) is 23.0 Å². The van der Waals surface area contributed by atoms with E-state index in [2.05, 4.69) is 0 Å². The lowest BCUT2D eigenvalue weighted by Crippen LogP contribution is -2.48. The van der Waals surface area contributed by atoms with E-state index in [0.717, 1.165) is 33.2 Å². The zero-order valence-electron chi connectivity index (χ0n) is 26.6. The number of hydrogen-bond acceptors (Lipinski definition) is 10. The van der Waals surface area contributed by atoms with Gasteiger partial charge in [-0.1, -0.05) is 91.0 Å². The Bertz CT molecular complexity index is 2350. The third kappa shape index (κ3) is 8.03. The third-order valence-electron chi connectivity index (χ3n) is 7.94. The molecule has 50 heavy (non-hydrogen) atoms. The van der Waals surface area contributed by atoms with Gasteiger partial charge in [-0.05, 0) is 68.7 Å². The van der Waals surface area contributed by atoms with Crippen LogP contribution in [0.3, 0.4) is 0 Å². The van der Waals surface area contributed by atoms with Gasteiger partial charge in [0.25, 0.3) is 10.1 Å². The Hall–Kier alpha value is -5.91. The Morgan fingerprint density at radius 2 is 0.980 bits per heavy atom. The highest BCUT2D eigenvalue weighted by atomic mass is 32.2. The van der Waals surface area contributed by atoms with Crippen molar-refractivity contribution in [1.82, 2.24) is 0 Å². The molecule has 6 aromatic rings. The van der Waals surface area contributed by atoms with E-state index in [0.29, 0.717) is 5.39 Å². The van der Waals surface area contributed by atoms with Crippen LogP contribution in [-0.2, 0) is 33.3 Å². The molecule has 0 bridgehead atoms. The van der Waals surface area contributed by atoms with Crippen molar-refractivity contribution in [3.8, 4) is 0 Å². The molecule has 6 rings (SSSR count). The number of aldehydes is 1. The number of benzene rings is 6. The maximum Gasteiger partial charge on any atom is 0.338 e. The normalized spacial score (nSPS) is 13.3. The summed E-state index contributed by atoms with van der Waals surface area (Å²) in [7, 11) is -4.32. The number of hydrogen-bond donors (Lipinski definition) is 0. The topological polar surface area (TPSA) is 139 Å². The minimum absolute atomic E-state index is 0.0606. The van der Waals surface area contributed by atoms with Crippen molar-refractivity contribution in [1.29, 1.82) is 0 Å². The van der Waals surface area contributed by atoms with Gasteiger partial charge in [-0.2, -0.15) is 8.42 Å². The molecule has 10 nitrogen and oxygen atoms in total. The highest BCUT2D eigenvalue weighted by Crippen LogP contribution is 2.23. The number of ether oxygens (including phenoxy) is 3. The standard InChI is InChI=1S/C39H30O10S/c1-50(44,45)49-35(24-46-37(41)31-17-14-25-8-2-5-11-28(25)20-31)36(48-39(43)33-19-16-27-10-4-7-13-30(27)22-33)34(23-40)47-38(42)32-18-15-26-9-3-6-12-29(26)21-32/h2-23,34-36H,24H2,1H3. The molecule has 0 aliphatic rings. The van der Waals surface area contributed by atoms with Gasteiger partial charge in [0, 0.05) is 0 Å². The summed E-state index contributed by atoms with van der Waals surface area (Å²) in [6, 6.07) is 36.2. The molecule has 0 aromatic heterocycles. The summed E-state index contributed by atoms with van der Waals surface area (Å²) in [5, 5.41) is 4.77. The molecule has 0 spiro atoms. The minimum Gasteiger partial charge on any atom is -0.459 e. The molecule has 11 heteroatoms. The lowest BCUT2D eigenvalue weighted by Gasteiger charge is -2.29. The summed E-state index contributed by atoms with van der Waals surface area (Å²) in [6.45, 7) is -0.799. The van der Waals surface area contributed by atoms with E-state index in [4.69, 9.17) is 18.4 Å². The average Bonchev–Trinajstić information content (AvgIpc) is 3.13. The largest absolute Gasteiger partial charge is 0.459 e. The summed E-state index contributed by atoms with van der Waals surface area (Å²) in [6.07, 6.45) is -4.64. The SMILES string of the molecule is CS(=O)(=O)OC(COC(=O)c1ccc2ccccc2c1)C(OC(=O)c1ccc2ccccc2c1)C(C=O)OC(=O)c1ccc2ccccc2c1. The Labute approximate surface area is 287 Å².